The molecule has 1 N–H and O–H groups in total. The van der Waals surface area contributed by atoms with Crippen LogP contribution in [0.2, 0.25) is 0 Å². The minimum atomic E-state index is -0.882. The highest BCUT2D eigenvalue weighted by Crippen LogP contribution is 2.53. The quantitative estimate of drug-likeness (QED) is 0.537. The van der Waals surface area contributed by atoms with E-state index in [-0.39, 0.29) is 18.6 Å². The van der Waals surface area contributed by atoms with Crippen molar-refractivity contribution in [3.8, 4) is 17.2 Å². The van der Waals surface area contributed by atoms with Gasteiger partial charge in [-0.15, -0.1) is 0 Å². The standard InChI is InChI=1S/C29H23N3O6/c1-36-19-9-6-17(7-10-19)30-27(33)26-24-23(25-20-5-3-2-4-16(20)12-13-31(25)26)28(34)32(29(24)35)18-8-11-21-22(14-18)38-15-37-21/h2-14,23-26H,15H2,1H3,(H,30,33)/t23-,24+,25+,26?/m0/s1. The summed E-state index contributed by atoms with van der Waals surface area (Å²) in [7, 11) is 1.57. The van der Waals surface area contributed by atoms with Gasteiger partial charge in [-0.3, -0.25) is 14.4 Å². The molecule has 2 saturated heterocycles. The van der Waals surface area contributed by atoms with Gasteiger partial charge in [-0.05, 0) is 53.6 Å². The predicted octanol–water partition coefficient (Wildman–Crippen LogP) is 3.58. The lowest BCUT2D eigenvalue weighted by atomic mass is 9.84. The molecule has 0 aromatic heterocycles. The summed E-state index contributed by atoms with van der Waals surface area (Å²) in [5.74, 6) is -1.00. The summed E-state index contributed by atoms with van der Waals surface area (Å²) in [6.07, 6.45) is 3.75. The van der Waals surface area contributed by atoms with Gasteiger partial charge in [0.15, 0.2) is 11.5 Å². The van der Waals surface area contributed by atoms with Crippen molar-refractivity contribution in [3.63, 3.8) is 0 Å². The van der Waals surface area contributed by atoms with E-state index in [1.54, 1.807) is 49.6 Å². The van der Waals surface area contributed by atoms with Crippen molar-refractivity contribution in [2.24, 2.45) is 11.8 Å². The van der Waals surface area contributed by atoms with Crippen molar-refractivity contribution in [1.29, 1.82) is 0 Å². The molecule has 0 saturated carbocycles. The number of rotatable bonds is 4. The number of hydrogen-bond acceptors (Lipinski definition) is 7. The van der Waals surface area contributed by atoms with Gasteiger partial charge in [-0.2, -0.15) is 0 Å². The number of carbonyl (C=O) groups excluding carboxylic acids is 3. The molecule has 4 aliphatic heterocycles. The Balaban J connectivity index is 1.29. The number of hydrogen-bond donors (Lipinski definition) is 1. The van der Waals surface area contributed by atoms with Crippen LogP contribution in [-0.4, -0.2) is 42.6 Å². The van der Waals surface area contributed by atoms with Gasteiger partial charge in [-0.1, -0.05) is 24.3 Å². The van der Waals surface area contributed by atoms with Crippen molar-refractivity contribution in [2.75, 3.05) is 24.1 Å². The number of ether oxygens (including phenoxy) is 3. The minimum absolute atomic E-state index is 0.0830. The van der Waals surface area contributed by atoms with E-state index in [1.165, 1.54) is 4.90 Å². The lowest BCUT2D eigenvalue weighted by molar-refractivity contribution is -0.128. The fourth-order valence-electron chi connectivity index (χ4n) is 6.03. The Labute approximate surface area is 218 Å². The first-order chi connectivity index (χ1) is 18.5. The number of imide groups is 1. The summed E-state index contributed by atoms with van der Waals surface area (Å²) in [6, 6.07) is 18.4. The van der Waals surface area contributed by atoms with Crippen molar-refractivity contribution in [3.05, 3.63) is 84.1 Å². The SMILES string of the molecule is COc1ccc(NC(=O)C2[C@@H]3C(=O)N(c4ccc5c(c4)OCO5)C(=O)[C@@H]3[C@H]3c4ccccc4C=CN23)cc1. The third-order valence-electron chi connectivity index (χ3n) is 7.70. The molecule has 190 valence electrons. The first-order valence-corrected chi connectivity index (χ1v) is 12.3. The number of benzene rings is 3. The molecule has 0 spiro atoms. The number of anilines is 2. The van der Waals surface area contributed by atoms with Gasteiger partial charge in [0.2, 0.25) is 24.5 Å². The number of nitrogens with zero attached hydrogens (tertiary/aromatic N) is 2. The topological polar surface area (TPSA) is 97.4 Å². The smallest absolute Gasteiger partial charge is 0.247 e. The zero-order valence-corrected chi connectivity index (χ0v) is 20.4. The first-order valence-electron chi connectivity index (χ1n) is 12.3. The molecule has 9 nitrogen and oxygen atoms in total. The molecule has 0 bridgehead atoms. The zero-order chi connectivity index (χ0) is 26.0. The summed E-state index contributed by atoms with van der Waals surface area (Å²) >= 11 is 0. The molecule has 0 aliphatic carbocycles. The molecular formula is C29H23N3O6. The van der Waals surface area contributed by atoms with Gasteiger partial charge >= 0.3 is 0 Å². The summed E-state index contributed by atoms with van der Waals surface area (Å²) in [5.41, 5.74) is 2.85. The van der Waals surface area contributed by atoms with Crippen LogP contribution in [0.1, 0.15) is 17.2 Å². The Morgan fingerprint density at radius 2 is 1.71 bits per heavy atom. The highest BCUT2D eigenvalue weighted by Gasteiger charge is 2.64. The molecule has 2 fully saturated rings. The van der Waals surface area contributed by atoms with Crippen molar-refractivity contribution in [2.45, 2.75) is 12.1 Å². The summed E-state index contributed by atoms with van der Waals surface area (Å²) in [4.78, 5) is 44.8. The molecule has 7 rings (SSSR count). The molecule has 3 aromatic carbocycles. The van der Waals surface area contributed by atoms with Crippen LogP contribution in [0.3, 0.4) is 0 Å². The van der Waals surface area contributed by atoms with E-state index in [4.69, 9.17) is 14.2 Å². The van der Waals surface area contributed by atoms with Crippen LogP contribution in [0.4, 0.5) is 11.4 Å². The second kappa shape index (κ2) is 8.37. The Morgan fingerprint density at radius 3 is 2.53 bits per heavy atom. The van der Waals surface area contributed by atoms with E-state index < -0.39 is 29.8 Å². The van der Waals surface area contributed by atoms with Crippen LogP contribution in [0, 0.1) is 11.8 Å². The summed E-state index contributed by atoms with van der Waals surface area (Å²) in [5, 5.41) is 2.94. The number of carbonyl (C=O) groups is 3. The molecule has 4 aliphatic rings. The van der Waals surface area contributed by atoms with Gasteiger partial charge < -0.3 is 24.4 Å². The molecule has 0 radical (unpaired) electrons. The van der Waals surface area contributed by atoms with Crippen LogP contribution >= 0.6 is 0 Å². The monoisotopic (exact) mass is 509 g/mol. The Kier molecular flexibility index (Phi) is 4.94. The van der Waals surface area contributed by atoms with E-state index in [0.29, 0.717) is 28.6 Å². The summed E-state index contributed by atoms with van der Waals surface area (Å²) < 4.78 is 16.1. The number of amides is 3. The number of methoxy groups -OCH3 is 1. The second-order valence-corrected chi connectivity index (χ2v) is 9.60. The Hall–Kier alpha value is -4.79. The average molecular weight is 510 g/mol. The maximum Gasteiger partial charge on any atom is 0.247 e. The summed E-state index contributed by atoms with van der Waals surface area (Å²) in [6.45, 7) is 0.0830. The lowest BCUT2D eigenvalue weighted by Gasteiger charge is -2.35. The van der Waals surface area contributed by atoms with Gasteiger partial charge in [0.1, 0.15) is 11.8 Å². The zero-order valence-electron chi connectivity index (χ0n) is 20.4. The molecule has 4 heterocycles. The third-order valence-corrected chi connectivity index (χ3v) is 7.70. The fourth-order valence-corrected chi connectivity index (χ4v) is 6.03. The highest BCUT2D eigenvalue weighted by molar-refractivity contribution is 6.24. The Morgan fingerprint density at radius 1 is 0.947 bits per heavy atom. The van der Waals surface area contributed by atoms with E-state index in [1.807, 2.05) is 41.4 Å². The van der Waals surface area contributed by atoms with Crippen LogP contribution in [0.5, 0.6) is 17.2 Å². The maximum atomic E-state index is 14.0. The van der Waals surface area contributed by atoms with Crippen molar-refractivity contribution in [1.82, 2.24) is 4.90 Å². The van der Waals surface area contributed by atoms with E-state index >= 15 is 0 Å². The Bertz CT molecular complexity index is 1520. The molecule has 4 atom stereocenters. The van der Waals surface area contributed by atoms with E-state index in [9.17, 15) is 14.4 Å². The molecule has 9 heteroatoms. The maximum absolute atomic E-state index is 14.0. The lowest BCUT2D eigenvalue weighted by Crippen LogP contribution is -2.46. The largest absolute Gasteiger partial charge is 0.497 e. The van der Waals surface area contributed by atoms with Gasteiger partial charge in [0.05, 0.1) is 30.7 Å². The van der Waals surface area contributed by atoms with Crippen LogP contribution in [0.15, 0.2) is 72.9 Å². The first kappa shape index (κ1) is 22.4. The van der Waals surface area contributed by atoms with Gasteiger partial charge in [0, 0.05) is 18.0 Å². The van der Waals surface area contributed by atoms with Crippen LogP contribution in [-0.2, 0) is 14.4 Å². The molecule has 3 aromatic rings. The second-order valence-electron chi connectivity index (χ2n) is 9.60. The molecule has 1 unspecified atom stereocenters. The van der Waals surface area contributed by atoms with E-state index in [0.717, 1.165) is 11.1 Å². The number of fused-ring (bicyclic) bond motifs is 6. The third kappa shape index (κ3) is 3.21. The van der Waals surface area contributed by atoms with Gasteiger partial charge in [-0.25, -0.2) is 4.90 Å². The molecule has 38 heavy (non-hydrogen) atoms. The van der Waals surface area contributed by atoms with Crippen molar-refractivity contribution >= 4 is 35.2 Å². The normalized spacial score (nSPS) is 24.2. The molecule has 3 amide bonds. The van der Waals surface area contributed by atoms with Crippen molar-refractivity contribution < 1.29 is 28.6 Å². The highest BCUT2D eigenvalue weighted by atomic mass is 16.7. The van der Waals surface area contributed by atoms with Crippen LogP contribution in [0.25, 0.3) is 6.08 Å². The van der Waals surface area contributed by atoms with Crippen LogP contribution < -0.4 is 24.4 Å². The molecular weight excluding hydrogens is 486 g/mol. The minimum Gasteiger partial charge on any atom is -0.497 e. The fraction of sp³-hybridized carbons (Fsp3) is 0.207. The average Bonchev–Trinajstić information content (AvgIpc) is 3.62. The van der Waals surface area contributed by atoms with E-state index in [2.05, 4.69) is 5.32 Å². The predicted molar refractivity (Wildman–Crippen MR) is 138 cm³/mol. The number of nitrogens with one attached hydrogen (secondary N) is 1. The van der Waals surface area contributed by atoms with Gasteiger partial charge in [0.25, 0.3) is 0 Å².